The average Bonchev–Trinajstić information content (AvgIpc) is 2.68. The molecule has 2 rings (SSSR count). The lowest BCUT2D eigenvalue weighted by Gasteiger charge is -2.21. The molecule has 1 saturated heterocycles. The summed E-state index contributed by atoms with van der Waals surface area (Å²) in [6, 6.07) is 2.00. The number of hydrogen-bond acceptors (Lipinski definition) is 5. The second kappa shape index (κ2) is 7.16. The Balaban J connectivity index is 1.96. The fraction of sp³-hybridized carbons (Fsp3) is 0.692. The minimum absolute atomic E-state index is 0.205. The molecule has 0 atom stereocenters. The fourth-order valence-corrected chi connectivity index (χ4v) is 2.21. The van der Waals surface area contributed by atoms with E-state index in [1.165, 1.54) is 25.7 Å². The zero-order valence-corrected chi connectivity index (χ0v) is 10.8. The first-order valence-electron chi connectivity index (χ1n) is 6.82. The Bertz CT molecular complexity index is 351. The van der Waals surface area contributed by atoms with Crippen LogP contribution >= 0.6 is 0 Å². The van der Waals surface area contributed by atoms with Crippen molar-refractivity contribution in [1.82, 2.24) is 9.97 Å². The summed E-state index contributed by atoms with van der Waals surface area (Å²) in [5, 5.41) is 12.0. The van der Waals surface area contributed by atoms with Crippen molar-refractivity contribution >= 4 is 11.6 Å². The third-order valence-electron chi connectivity index (χ3n) is 3.22. The highest BCUT2D eigenvalue weighted by Gasteiger charge is 2.11. The zero-order valence-electron chi connectivity index (χ0n) is 10.8. The van der Waals surface area contributed by atoms with Crippen LogP contribution in [0.2, 0.25) is 0 Å². The molecular weight excluding hydrogens is 228 g/mol. The Labute approximate surface area is 108 Å². The van der Waals surface area contributed by atoms with Gasteiger partial charge in [-0.3, -0.25) is 0 Å². The smallest absolute Gasteiger partial charge is 0.134 e. The Morgan fingerprint density at radius 3 is 2.67 bits per heavy atom. The molecular formula is C13H22N4O. The van der Waals surface area contributed by atoms with Crippen LogP contribution in [0.25, 0.3) is 0 Å². The van der Waals surface area contributed by atoms with Gasteiger partial charge in [0.1, 0.15) is 18.0 Å². The molecule has 5 heteroatoms. The molecule has 0 unspecified atom stereocenters. The summed E-state index contributed by atoms with van der Waals surface area (Å²) >= 11 is 0. The van der Waals surface area contributed by atoms with Gasteiger partial charge in [0.2, 0.25) is 0 Å². The van der Waals surface area contributed by atoms with Gasteiger partial charge in [0.15, 0.2) is 0 Å². The molecule has 100 valence electrons. The number of aromatic nitrogens is 2. The van der Waals surface area contributed by atoms with Gasteiger partial charge in [-0.1, -0.05) is 12.8 Å². The summed E-state index contributed by atoms with van der Waals surface area (Å²) in [7, 11) is 0. The second-order valence-corrected chi connectivity index (χ2v) is 4.67. The molecule has 0 saturated carbocycles. The predicted octanol–water partition coefficient (Wildman–Crippen LogP) is 1.65. The molecule has 0 bridgehead atoms. The quantitative estimate of drug-likeness (QED) is 0.778. The van der Waals surface area contributed by atoms with Gasteiger partial charge in [-0.15, -0.1) is 0 Å². The molecule has 18 heavy (non-hydrogen) atoms. The van der Waals surface area contributed by atoms with Gasteiger partial charge in [0.05, 0.1) is 0 Å². The Hall–Kier alpha value is -1.36. The lowest BCUT2D eigenvalue weighted by Crippen LogP contribution is -2.25. The summed E-state index contributed by atoms with van der Waals surface area (Å²) in [5.74, 6) is 1.86. The molecule has 1 aliphatic rings. The largest absolute Gasteiger partial charge is 0.396 e. The summed E-state index contributed by atoms with van der Waals surface area (Å²) in [6.45, 7) is 3.13. The van der Waals surface area contributed by atoms with Crippen molar-refractivity contribution in [2.24, 2.45) is 0 Å². The normalized spacial score (nSPS) is 16.4. The van der Waals surface area contributed by atoms with Gasteiger partial charge in [-0.05, 0) is 19.3 Å². The van der Waals surface area contributed by atoms with Crippen LogP contribution in [-0.2, 0) is 0 Å². The fourth-order valence-electron chi connectivity index (χ4n) is 2.21. The maximum Gasteiger partial charge on any atom is 0.134 e. The van der Waals surface area contributed by atoms with E-state index in [4.69, 9.17) is 5.11 Å². The van der Waals surface area contributed by atoms with E-state index < -0.39 is 0 Å². The molecule has 1 aromatic rings. The monoisotopic (exact) mass is 250 g/mol. The second-order valence-electron chi connectivity index (χ2n) is 4.67. The zero-order chi connectivity index (χ0) is 12.6. The summed E-state index contributed by atoms with van der Waals surface area (Å²) in [5.41, 5.74) is 0. The standard InChI is InChI=1S/C13H22N4O/c18-9-5-6-14-12-10-13(16-11-15-12)17-7-3-1-2-4-8-17/h10-11,18H,1-9H2,(H,14,15,16). The van der Waals surface area contributed by atoms with Crippen LogP contribution < -0.4 is 10.2 Å². The third kappa shape index (κ3) is 3.84. The van der Waals surface area contributed by atoms with Crippen LogP contribution in [0.15, 0.2) is 12.4 Å². The van der Waals surface area contributed by atoms with Crippen LogP contribution in [0.4, 0.5) is 11.6 Å². The lowest BCUT2D eigenvalue weighted by atomic mass is 10.2. The molecule has 0 spiro atoms. The van der Waals surface area contributed by atoms with Crippen molar-refractivity contribution in [1.29, 1.82) is 0 Å². The summed E-state index contributed by atoms with van der Waals surface area (Å²) in [6.07, 6.45) is 7.49. The summed E-state index contributed by atoms with van der Waals surface area (Å²) < 4.78 is 0. The third-order valence-corrected chi connectivity index (χ3v) is 3.22. The molecule has 1 aromatic heterocycles. The van der Waals surface area contributed by atoms with Crippen LogP contribution in [-0.4, -0.2) is 41.3 Å². The minimum Gasteiger partial charge on any atom is -0.396 e. The molecule has 1 aliphatic heterocycles. The van der Waals surface area contributed by atoms with Crippen molar-refractivity contribution < 1.29 is 5.11 Å². The highest BCUT2D eigenvalue weighted by atomic mass is 16.3. The van der Waals surface area contributed by atoms with Crippen molar-refractivity contribution in [3.8, 4) is 0 Å². The van der Waals surface area contributed by atoms with E-state index in [1.807, 2.05) is 6.07 Å². The lowest BCUT2D eigenvalue weighted by molar-refractivity contribution is 0.292. The van der Waals surface area contributed by atoms with Gasteiger partial charge in [0.25, 0.3) is 0 Å². The number of rotatable bonds is 5. The first-order chi connectivity index (χ1) is 8.90. The number of hydrogen-bond donors (Lipinski definition) is 2. The van der Waals surface area contributed by atoms with Gasteiger partial charge < -0.3 is 15.3 Å². The molecule has 0 aliphatic carbocycles. The van der Waals surface area contributed by atoms with Gasteiger partial charge in [-0.25, -0.2) is 9.97 Å². The number of anilines is 2. The molecule has 0 aromatic carbocycles. The van der Waals surface area contributed by atoms with Gasteiger partial charge in [0, 0.05) is 32.3 Å². The Morgan fingerprint density at radius 1 is 1.17 bits per heavy atom. The molecule has 2 heterocycles. The van der Waals surface area contributed by atoms with E-state index in [0.717, 1.165) is 37.7 Å². The first-order valence-corrected chi connectivity index (χ1v) is 6.82. The van der Waals surface area contributed by atoms with Crippen molar-refractivity contribution in [3.05, 3.63) is 12.4 Å². The SMILES string of the molecule is OCCCNc1cc(N2CCCCCC2)ncn1. The number of aliphatic hydroxyl groups excluding tert-OH is 1. The van der Waals surface area contributed by atoms with Crippen LogP contribution in [0.5, 0.6) is 0 Å². The topological polar surface area (TPSA) is 61.3 Å². The summed E-state index contributed by atoms with van der Waals surface area (Å²) in [4.78, 5) is 10.9. The molecule has 0 radical (unpaired) electrons. The predicted molar refractivity (Wildman–Crippen MR) is 72.9 cm³/mol. The molecule has 0 amide bonds. The molecule has 1 fully saturated rings. The van der Waals surface area contributed by atoms with Crippen LogP contribution in [0.1, 0.15) is 32.1 Å². The maximum absolute atomic E-state index is 8.75. The highest BCUT2D eigenvalue weighted by Crippen LogP contribution is 2.18. The Kier molecular flexibility index (Phi) is 5.20. The number of nitrogens with zero attached hydrogens (tertiary/aromatic N) is 3. The Morgan fingerprint density at radius 2 is 1.94 bits per heavy atom. The average molecular weight is 250 g/mol. The van der Waals surface area contributed by atoms with Crippen LogP contribution in [0, 0.1) is 0 Å². The minimum atomic E-state index is 0.205. The highest BCUT2D eigenvalue weighted by molar-refractivity contribution is 5.48. The van der Waals surface area contributed by atoms with Gasteiger partial charge in [-0.2, -0.15) is 0 Å². The maximum atomic E-state index is 8.75. The van der Waals surface area contributed by atoms with E-state index in [2.05, 4.69) is 20.2 Å². The van der Waals surface area contributed by atoms with E-state index in [0.29, 0.717) is 0 Å². The number of nitrogens with one attached hydrogen (secondary N) is 1. The van der Waals surface area contributed by atoms with E-state index >= 15 is 0 Å². The first kappa shape index (κ1) is 13.1. The van der Waals surface area contributed by atoms with E-state index in [-0.39, 0.29) is 6.61 Å². The molecule has 5 nitrogen and oxygen atoms in total. The van der Waals surface area contributed by atoms with Gasteiger partial charge >= 0.3 is 0 Å². The van der Waals surface area contributed by atoms with E-state index in [9.17, 15) is 0 Å². The number of aliphatic hydroxyl groups is 1. The van der Waals surface area contributed by atoms with Crippen molar-refractivity contribution in [2.75, 3.05) is 36.5 Å². The van der Waals surface area contributed by atoms with E-state index in [1.54, 1.807) is 6.33 Å². The van der Waals surface area contributed by atoms with Crippen molar-refractivity contribution in [3.63, 3.8) is 0 Å². The van der Waals surface area contributed by atoms with Crippen molar-refractivity contribution in [2.45, 2.75) is 32.1 Å². The molecule has 2 N–H and O–H groups in total. The van der Waals surface area contributed by atoms with Crippen LogP contribution in [0.3, 0.4) is 0 Å².